The molecule has 0 saturated carbocycles. The zero-order chi connectivity index (χ0) is 19.4. The van der Waals surface area contributed by atoms with Gasteiger partial charge in [0.05, 0.1) is 22.2 Å². The molecule has 2 N–H and O–H groups in total. The van der Waals surface area contributed by atoms with Gasteiger partial charge in [-0.1, -0.05) is 36.8 Å². The summed E-state index contributed by atoms with van der Waals surface area (Å²) in [7, 11) is 0. The SMILES string of the molecule is CCC(NC(=O)c1sc(NC(=O)c2ccco2)cc1C)c1ccc(C)cc1. The van der Waals surface area contributed by atoms with Gasteiger partial charge in [0.25, 0.3) is 11.8 Å². The normalized spacial score (nSPS) is 11.8. The average molecular weight is 382 g/mol. The van der Waals surface area contributed by atoms with Gasteiger partial charge in [-0.15, -0.1) is 11.3 Å². The van der Waals surface area contributed by atoms with Crippen LogP contribution < -0.4 is 10.6 Å². The largest absolute Gasteiger partial charge is 0.459 e. The third-order valence-electron chi connectivity index (χ3n) is 4.30. The fourth-order valence-electron chi connectivity index (χ4n) is 2.79. The van der Waals surface area contributed by atoms with Gasteiger partial charge in [0.1, 0.15) is 0 Å². The van der Waals surface area contributed by atoms with Crippen LogP contribution in [0.2, 0.25) is 0 Å². The minimum Gasteiger partial charge on any atom is -0.459 e. The number of anilines is 1. The summed E-state index contributed by atoms with van der Waals surface area (Å²) in [4.78, 5) is 25.5. The maximum atomic E-state index is 12.8. The van der Waals surface area contributed by atoms with E-state index in [1.54, 1.807) is 18.2 Å². The number of carbonyl (C=O) groups is 2. The van der Waals surface area contributed by atoms with E-state index in [2.05, 4.69) is 10.6 Å². The molecule has 140 valence electrons. The second-order valence-corrected chi connectivity index (χ2v) is 7.45. The number of rotatable bonds is 6. The number of amides is 2. The topological polar surface area (TPSA) is 71.3 Å². The van der Waals surface area contributed by atoms with Crippen LogP contribution in [0.5, 0.6) is 0 Å². The van der Waals surface area contributed by atoms with Crippen LogP contribution in [-0.4, -0.2) is 11.8 Å². The summed E-state index contributed by atoms with van der Waals surface area (Å²) in [5, 5.41) is 6.48. The van der Waals surface area contributed by atoms with Crippen LogP contribution in [0, 0.1) is 13.8 Å². The first-order valence-electron chi connectivity index (χ1n) is 8.80. The average Bonchev–Trinajstić information content (AvgIpc) is 3.30. The van der Waals surface area contributed by atoms with Crippen molar-refractivity contribution in [3.05, 3.63) is 76.1 Å². The Morgan fingerprint density at radius 2 is 1.85 bits per heavy atom. The predicted octanol–water partition coefficient (Wildman–Crippen LogP) is 5.09. The molecular formula is C21H22N2O3S. The van der Waals surface area contributed by atoms with Gasteiger partial charge >= 0.3 is 0 Å². The monoisotopic (exact) mass is 382 g/mol. The first-order valence-corrected chi connectivity index (χ1v) is 9.62. The number of hydrogen-bond donors (Lipinski definition) is 2. The Morgan fingerprint density at radius 3 is 2.48 bits per heavy atom. The summed E-state index contributed by atoms with van der Waals surface area (Å²) in [6.45, 7) is 5.94. The van der Waals surface area contributed by atoms with Crippen LogP contribution in [0.15, 0.2) is 53.1 Å². The molecule has 0 aliphatic heterocycles. The van der Waals surface area contributed by atoms with E-state index in [9.17, 15) is 9.59 Å². The third kappa shape index (κ3) is 4.46. The van der Waals surface area contributed by atoms with Gasteiger partial charge in [-0.25, -0.2) is 0 Å². The van der Waals surface area contributed by atoms with E-state index in [1.807, 2.05) is 45.0 Å². The van der Waals surface area contributed by atoms with Crippen molar-refractivity contribution in [3.63, 3.8) is 0 Å². The summed E-state index contributed by atoms with van der Waals surface area (Å²) in [5.74, 6) is -0.236. The van der Waals surface area contributed by atoms with Crippen molar-refractivity contribution in [1.82, 2.24) is 5.32 Å². The number of thiophene rings is 1. The van der Waals surface area contributed by atoms with Crippen LogP contribution in [0.25, 0.3) is 0 Å². The molecule has 1 atom stereocenters. The number of carbonyl (C=O) groups excluding carboxylic acids is 2. The Hall–Kier alpha value is -2.86. The predicted molar refractivity (Wildman–Crippen MR) is 107 cm³/mol. The summed E-state index contributed by atoms with van der Waals surface area (Å²) < 4.78 is 5.09. The van der Waals surface area contributed by atoms with Crippen molar-refractivity contribution in [2.24, 2.45) is 0 Å². The number of furan rings is 1. The van der Waals surface area contributed by atoms with E-state index < -0.39 is 0 Å². The lowest BCUT2D eigenvalue weighted by Crippen LogP contribution is -2.27. The molecule has 1 unspecified atom stereocenters. The van der Waals surface area contributed by atoms with Crippen LogP contribution in [0.3, 0.4) is 0 Å². The highest BCUT2D eigenvalue weighted by molar-refractivity contribution is 7.18. The molecule has 2 aromatic heterocycles. The maximum absolute atomic E-state index is 12.8. The molecule has 0 radical (unpaired) electrons. The van der Waals surface area contributed by atoms with Gasteiger partial charge in [-0.05, 0) is 49.6 Å². The summed E-state index contributed by atoms with van der Waals surface area (Å²) >= 11 is 1.26. The van der Waals surface area contributed by atoms with Gasteiger partial charge in [-0.2, -0.15) is 0 Å². The Kier molecular flexibility index (Phi) is 5.76. The minimum atomic E-state index is -0.334. The van der Waals surface area contributed by atoms with Crippen molar-refractivity contribution in [3.8, 4) is 0 Å². The lowest BCUT2D eigenvalue weighted by molar-refractivity contribution is 0.0938. The van der Waals surface area contributed by atoms with E-state index in [4.69, 9.17) is 4.42 Å². The molecule has 2 heterocycles. The quantitative estimate of drug-likeness (QED) is 0.624. The number of aryl methyl sites for hydroxylation is 2. The molecule has 2 amide bonds. The van der Waals surface area contributed by atoms with Gasteiger partial charge in [0, 0.05) is 0 Å². The van der Waals surface area contributed by atoms with Crippen molar-refractivity contribution in [2.45, 2.75) is 33.2 Å². The highest BCUT2D eigenvalue weighted by atomic mass is 32.1. The van der Waals surface area contributed by atoms with E-state index in [0.717, 1.165) is 17.5 Å². The summed E-state index contributed by atoms with van der Waals surface area (Å²) in [6, 6.07) is 13.2. The molecule has 6 heteroatoms. The fourth-order valence-corrected chi connectivity index (χ4v) is 3.76. The Balaban J connectivity index is 1.71. The van der Waals surface area contributed by atoms with E-state index >= 15 is 0 Å². The Labute approximate surface area is 162 Å². The number of benzene rings is 1. The zero-order valence-corrected chi connectivity index (χ0v) is 16.4. The fraction of sp³-hybridized carbons (Fsp3) is 0.238. The zero-order valence-electron chi connectivity index (χ0n) is 15.5. The maximum Gasteiger partial charge on any atom is 0.291 e. The summed E-state index contributed by atoms with van der Waals surface area (Å²) in [6.07, 6.45) is 2.24. The van der Waals surface area contributed by atoms with Crippen LogP contribution in [0.4, 0.5) is 5.00 Å². The molecular weight excluding hydrogens is 360 g/mol. The molecule has 1 aromatic carbocycles. The minimum absolute atomic E-state index is 0.0549. The molecule has 27 heavy (non-hydrogen) atoms. The van der Waals surface area contributed by atoms with Crippen LogP contribution >= 0.6 is 11.3 Å². The first-order chi connectivity index (χ1) is 13.0. The Morgan fingerprint density at radius 1 is 1.11 bits per heavy atom. The molecule has 3 aromatic rings. The smallest absolute Gasteiger partial charge is 0.291 e. The molecule has 5 nitrogen and oxygen atoms in total. The van der Waals surface area contributed by atoms with Gasteiger partial charge < -0.3 is 15.1 Å². The lowest BCUT2D eigenvalue weighted by atomic mass is 10.0. The third-order valence-corrected chi connectivity index (χ3v) is 5.45. The van der Waals surface area contributed by atoms with E-state index in [1.165, 1.54) is 23.2 Å². The molecule has 0 aliphatic rings. The highest BCUT2D eigenvalue weighted by Gasteiger charge is 2.19. The van der Waals surface area contributed by atoms with Gasteiger partial charge in [0.15, 0.2) is 5.76 Å². The number of nitrogens with one attached hydrogen (secondary N) is 2. The molecule has 0 spiro atoms. The van der Waals surface area contributed by atoms with Crippen molar-refractivity contribution in [1.29, 1.82) is 0 Å². The highest BCUT2D eigenvalue weighted by Crippen LogP contribution is 2.28. The van der Waals surface area contributed by atoms with E-state index in [-0.39, 0.29) is 23.6 Å². The standard InChI is InChI=1S/C21H22N2O3S/c1-4-16(15-9-7-13(2)8-10-15)22-21(25)19-14(3)12-18(27-19)23-20(24)17-6-5-11-26-17/h5-12,16H,4H2,1-3H3,(H,22,25)(H,23,24). The van der Waals surface area contributed by atoms with Gasteiger partial charge in [-0.3, -0.25) is 9.59 Å². The second kappa shape index (κ2) is 8.22. The van der Waals surface area contributed by atoms with Crippen LogP contribution in [-0.2, 0) is 0 Å². The first kappa shape index (κ1) is 18.9. The van der Waals surface area contributed by atoms with Crippen molar-refractivity contribution >= 4 is 28.2 Å². The molecule has 0 saturated heterocycles. The number of hydrogen-bond acceptors (Lipinski definition) is 4. The second-order valence-electron chi connectivity index (χ2n) is 6.40. The van der Waals surface area contributed by atoms with E-state index in [0.29, 0.717) is 9.88 Å². The Bertz CT molecular complexity index is 927. The van der Waals surface area contributed by atoms with Crippen molar-refractivity contribution in [2.75, 3.05) is 5.32 Å². The van der Waals surface area contributed by atoms with Crippen LogP contribution in [0.1, 0.15) is 56.3 Å². The molecule has 0 fully saturated rings. The lowest BCUT2D eigenvalue weighted by Gasteiger charge is -2.17. The molecule has 0 aliphatic carbocycles. The van der Waals surface area contributed by atoms with Gasteiger partial charge in [0.2, 0.25) is 0 Å². The summed E-state index contributed by atoms with van der Waals surface area (Å²) in [5.41, 5.74) is 3.09. The van der Waals surface area contributed by atoms with Crippen molar-refractivity contribution < 1.29 is 14.0 Å². The molecule has 0 bridgehead atoms. The molecule has 3 rings (SSSR count).